The van der Waals surface area contributed by atoms with Gasteiger partial charge in [0.25, 0.3) is 11.7 Å². The molecule has 1 heterocycles. The van der Waals surface area contributed by atoms with Crippen LogP contribution in [0.15, 0.2) is 54.1 Å². The molecule has 0 aromatic heterocycles. The van der Waals surface area contributed by atoms with Crippen molar-refractivity contribution in [2.75, 3.05) is 27.4 Å². The number of benzene rings is 2. The molecule has 0 spiro atoms. The van der Waals surface area contributed by atoms with E-state index in [2.05, 4.69) is 0 Å². The average Bonchev–Trinajstić information content (AvgIpc) is 3.02. The van der Waals surface area contributed by atoms with Crippen molar-refractivity contribution >= 4 is 23.4 Å². The van der Waals surface area contributed by atoms with Gasteiger partial charge in [-0.1, -0.05) is 24.3 Å². The minimum Gasteiger partial charge on any atom is -0.507 e. The lowest BCUT2D eigenvalue weighted by atomic mass is 9.95. The largest absolute Gasteiger partial charge is 0.507 e. The molecule has 0 aliphatic carbocycles. The number of methoxy groups -OCH3 is 2. The van der Waals surface area contributed by atoms with Gasteiger partial charge in [0.2, 0.25) is 0 Å². The van der Waals surface area contributed by atoms with Crippen LogP contribution in [0.4, 0.5) is 0 Å². The van der Waals surface area contributed by atoms with E-state index < -0.39 is 23.7 Å². The fraction of sp³-hybridized carbons (Fsp3) is 0.261. The summed E-state index contributed by atoms with van der Waals surface area (Å²) in [5.41, 5.74) is 0.899. The van der Waals surface area contributed by atoms with Crippen LogP contribution in [-0.2, 0) is 19.1 Å². The van der Waals surface area contributed by atoms with E-state index in [0.29, 0.717) is 22.6 Å². The molecule has 2 aromatic rings. The highest BCUT2D eigenvalue weighted by Crippen LogP contribution is 2.40. The van der Waals surface area contributed by atoms with Crippen LogP contribution in [-0.4, -0.2) is 55.0 Å². The van der Waals surface area contributed by atoms with E-state index >= 15 is 0 Å². The maximum absolute atomic E-state index is 12.9. The second-order valence-electron chi connectivity index (χ2n) is 6.88. The van der Waals surface area contributed by atoms with Crippen LogP contribution in [0.1, 0.15) is 24.1 Å². The van der Waals surface area contributed by atoms with Crippen molar-refractivity contribution in [3.63, 3.8) is 0 Å². The molecule has 3 rings (SSSR count). The first-order valence-electron chi connectivity index (χ1n) is 9.57. The molecular weight excluding hydrogens is 402 g/mol. The monoisotopic (exact) mass is 425 g/mol. The molecule has 0 bridgehead atoms. The molecular formula is C23H23NO7. The number of ether oxygens (including phenoxy) is 3. The number of rotatable bonds is 7. The van der Waals surface area contributed by atoms with Gasteiger partial charge < -0.3 is 24.2 Å². The Morgan fingerprint density at radius 2 is 1.77 bits per heavy atom. The standard InChI is InChI=1S/C23H23NO7/c1-14(25)31-17-9-7-15(8-10-17)20-19(22(27)23(28)24(20)11-12-29-2)21(26)16-5-4-6-18(13-16)30-3/h4-10,13,20,26H,11-12H2,1-3H3/b21-19-. The first-order chi connectivity index (χ1) is 14.9. The Kier molecular flexibility index (Phi) is 6.71. The first-order valence-corrected chi connectivity index (χ1v) is 9.57. The highest BCUT2D eigenvalue weighted by molar-refractivity contribution is 6.46. The van der Waals surface area contributed by atoms with E-state index in [1.54, 1.807) is 48.5 Å². The minimum absolute atomic E-state index is 0.0328. The summed E-state index contributed by atoms with van der Waals surface area (Å²) in [7, 11) is 2.99. The Morgan fingerprint density at radius 1 is 1.06 bits per heavy atom. The predicted molar refractivity (Wildman–Crippen MR) is 112 cm³/mol. The topological polar surface area (TPSA) is 102 Å². The third-order valence-corrected chi connectivity index (χ3v) is 4.88. The van der Waals surface area contributed by atoms with Crippen LogP contribution in [0.25, 0.3) is 5.76 Å². The number of hydrogen-bond donors (Lipinski definition) is 1. The van der Waals surface area contributed by atoms with Crippen LogP contribution in [0.5, 0.6) is 11.5 Å². The third-order valence-electron chi connectivity index (χ3n) is 4.88. The number of carbonyl (C=O) groups is 3. The van der Waals surface area contributed by atoms with E-state index in [1.165, 1.54) is 26.0 Å². The van der Waals surface area contributed by atoms with Crippen molar-refractivity contribution in [1.82, 2.24) is 4.90 Å². The van der Waals surface area contributed by atoms with Crippen molar-refractivity contribution in [2.45, 2.75) is 13.0 Å². The van der Waals surface area contributed by atoms with Crippen LogP contribution in [0, 0.1) is 0 Å². The molecule has 0 saturated carbocycles. The number of aliphatic hydroxyl groups excluding tert-OH is 1. The van der Waals surface area contributed by atoms with Gasteiger partial charge in [-0.3, -0.25) is 14.4 Å². The van der Waals surface area contributed by atoms with Crippen LogP contribution >= 0.6 is 0 Å². The van der Waals surface area contributed by atoms with Gasteiger partial charge in [0, 0.05) is 26.1 Å². The lowest BCUT2D eigenvalue weighted by Gasteiger charge is -2.25. The number of hydrogen-bond acceptors (Lipinski definition) is 7. The molecule has 2 aromatic carbocycles. The van der Waals surface area contributed by atoms with Crippen LogP contribution < -0.4 is 9.47 Å². The number of ketones is 1. The SMILES string of the molecule is COCCN1C(=O)C(=O)/C(=C(\O)c2cccc(OC)c2)C1c1ccc(OC(C)=O)cc1. The summed E-state index contributed by atoms with van der Waals surface area (Å²) in [6.45, 7) is 1.67. The highest BCUT2D eigenvalue weighted by Gasteiger charge is 2.45. The highest BCUT2D eigenvalue weighted by atomic mass is 16.5. The quantitative estimate of drug-likeness (QED) is 0.239. The van der Waals surface area contributed by atoms with Gasteiger partial charge in [0.1, 0.15) is 17.3 Å². The van der Waals surface area contributed by atoms with Gasteiger partial charge in [-0.2, -0.15) is 0 Å². The molecule has 8 heteroatoms. The molecule has 8 nitrogen and oxygen atoms in total. The van der Waals surface area contributed by atoms with Crippen molar-refractivity contribution in [3.8, 4) is 11.5 Å². The number of likely N-dealkylation sites (tertiary alicyclic amines) is 1. The fourth-order valence-corrected chi connectivity index (χ4v) is 3.46. The molecule has 1 unspecified atom stereocenters. The molecule has 1 aliphatic heterocycles. The lowest BCUT2D eigenvalue weighted by molar-refractivity contribution is -0.140. The molecule has 1 amide bonds. The molecule has 1 aliphatic rings. The summed E-state index contributed by atoms with van der Waals surface area (Å²) >= 11 is 0. The maximum atomic E-state index is 12.9. The molecule has 1 saturated heterocycles. The summed E-state index contributed by atoms with van der Waals surface area (Å²) in [4.78, 5) is 38.2. The smallest absolute Gasteiger partial charge is 0.308 e. The summed E-state index contributed by atoms with van der Waals surface area (Å²) < 4.78 is 15.3. The molecule has 1 N–H and O–H groups in total. The number of esters is 1. The summed E-state index contributed by atoms with van der Waals surface area (Å²) in [6.07, 6.45) is 0. The molecule has 31 heavy (non-hydrogen) atoms. The third kappa shape index (κ3) is 4.59. The van der Waals surface area contributed by atoms with Gasteiger partial charge in [0.05, 0.1) is 25.3 Å². The summed E-state index contributed by atoms with van der Waals surface area (Å²) in [6, 6.07) is 12.2. The zero-order chi connectivity index (χ0) is 22.5. The van der Waals surface area contributed by atoms with Crippen LogP contribution in [0.2, 0.25) is 0 Å². The van der Waals surface area contributed by atoms with Crippen molar-refractivity contribution in [1.29, 1.82) is 0 Å². The van der Waals surface area contributed by atoms with Gasteiger partial charge in [-0.05, 0) is 29.8 Å². The number of carbonyl (C=O) groups excluding carboxylic acids is 3. The van der Waals surface area contributed by atoms with Gasteiger partial charge in [0.15, 0.2) is 0 Å². The Bertz CT molecular complexity index is 1030. The Labute approximate surface area is 179 Å². The predicted octanol–water partition coefficient (Wildman–Crippen LogP) is 2.69. The second kappa shape index (κ2) is 9.44. The Morgan fingerprint density at radius 3 is 2.39 bits per heavy atom. The van der Waals surface area contributed by atoms with Gasteiger partial charge in [-0.25, -0.2) is 0 Å². The van der Waals surface area contributed by atoms with E-state index in [-0.39, 0.29) is 24.5 Å². The number of amides is 1. The van der Waals surface area contributed by atoms with E-state index in [9.17, 15) is 19.5 Å². The second-order valence-corrected chi connectivity index (χ2v) is 6.88. The number of nitrogens with zero attached hydrogens (tertiary/aromatic N) is 1. The van der Waals surface area contributed by atoms with Crippen molar-refractivity contribution in [2.24, 2.45) is 0 Å². The van der Waals surface area contributed by atoms with Gasteiger partial charge >= 0.3 is 5.97 Å². The normalized spacial score (nSPS) is 17.6. The lowest BCUT2D eigenvalue weighted by Crippen LogP contribution is -2.32. The summed E-state index contributed by atoms with van der Waals surface area (Å²) in [5.74, 6) is -1.44. The van der Waals surface area contributed by atoms with Crippen molar-refractivity contribution < 1.29 is 33.7 Å². The Balaban J connectivity index is 2.11. The molecule has 162 valence electrons. The summed E-state index contributed by atoms with van der Waals surface area (Å²) in [5, 5.41) is 11.0. The van der Waals surface area contributed by atoms with Gasteiger partial charge in [-0.15, -0.1) is 0 Å². The molecule has 0 radical (unpaired) electrons. The Hall–Kier alpha value is -3.65. The van der Waals surface area contributed by atoms with E-state index in [4.69, 9.17) is 14.2 Å². The average molecular weight is 425 g/mol. The zero-order valence-corrected chi connectivity index (χ0v) is 17.5. The number of aliphatic hydroxyl groups is 1. The van der Waals surface area contributed by atoms with E-state index in [0.717, 1.165) is 0 Å². The molecule has 1 fully saturated rings. The minimum atomic E-state index is -0.826. The molecule has 1 atom stereocenters. The zero-order valence-electron chi connectivity index (χ0n) is 17.5. The fourth-order valence-electron chi connectivity index (χ4n) is 3.46. The van der Waals surface area contributed by atoms with Crippen molar-refractivity contribution in [3.05, 3.63) is 65.2 Å². The first kappa shape index (κ1) is 22.0. The van der Waals surface area contributed by atoms with E-state index in [1.807, 2.05) is 0 Å². The number of Topliss-reactive ketones (excluding diaryl/α,β-unsaturated/α-hetero) is 1. The maximum Gasteiger partial charge on any atom is 0.308 e. The van der Waals surface area contributed by atoms with Crippen LogP contribution in [0.3, 0.4) is 0 Å².